The number of nitrogens with one attached hydrogen (secondary N) is 1. The summed E-state index contributed by atoms with van der Waals surface area (Å²) in [6.07, 6.45) is 0. The van der Waals surface area contributed by atoms with Crippen molar-refractivity contribution in [3.05, 3.63) is 64.2 Å². The van der Waals surface area contributed by atoms with E-state index in [1.54, 1.807) is 12.1 Å². The van der Waals surface area contributed by atoms with Gasteiger partial charge in [0.15, 0.2) is 0 Å². The zero-order valence-corrected chi connectivity index (χ0v) is 11.5. The van der Waals surface area contributed by atoms with E-state index in [0.29, 0.717) is 6.54 Å². The molecule has 2 aromatic carbocycles. The highest BCUT2D eigenvalue weighted by Gasteiger charge is 2.05. The van der Waals surface area contributed by atoms with Gasteiger partial charge in [0.1, 0.15) is 0 Å². The number of nitro groups is 1. The van der Waals surface area contributed by atoms with Gasteiger partial charge in [0.2, 0.25) is 0 Å². The number of nitrogens with zero attached hydrogens (tertiary/aromatic N) is 2. The summed E-state index contributed by atoms with van der Waals surface area (Å²) in [5, 5.41) is 14.0. The van der Waals surface area contributed by atoms with Gasteiger partial charge in [-0.15, -0.1) is 0 Å². The molecule has 0 radical (unpaired) electrons. The standard InChI is InChI=1S/C15H17N3O2/c1-17(2)14-7-4-6-13(10-14)16-11-12-5-3-8-15(9-12)18(19)20/h3-10,16H,11H2,1-2H3. The van der Waals surface area contributed by atoms with Crippen LogP contribution in [0.25, 0.3) is 0 Å². The molecule has 0 amide bonds. The number of non-ortho nitro benzene ring substituents is 1. The molecule has 0 heterocycles. The summed E-state index contributed by atoms with van der Waals surface area (Å²) in [7, 11) is 3.97. The fourth-order valence-electron chi connectivity index (χ4n) is 1.88. The lowest BCUT2D eigenvalue weighted by atomic mass is 10.2. The molecule has 0 spiro atoms. The molecular formula is C15H17N3O2. The second kappa shape index (κ2) is 6.06. The van der Waals surface area contributed by atoms with Crippen molar-refractivity contribution >= 4 is 17.1 Å². The van der Waals surface area contributed by atoms with Gasteiger partial charge in [-0.1, -0.05) is 18.2 Å². The van der Waals surface area contributed by atoms with Gasteiger partial charge in [-0.3, -0.25) is 10.1 Å². The lowest BCUT2D eigenvalue weighted by Crippen LogP contribution is -2.09. The van der Waals surface area contributed by atoms with Gasteiger partial charge in [0.05, 0.1) is 4.92 Å². The van der Waals surface area contributed by atoms with Crippen LogP contribution in [0.3, 0.4) is 0 Å². The first kappa shape index (κ1) is 13.9. The van der Waals surface area contributed by atoms with Crippen LogP contribution in [0.15, 0.2) is 48.5 Å². The molecule has 0 atom stereocenters. The summed E-state index contributed by atoms with van der Waals surface area (Å²) in [5.74, 6) is 0. The Morgan fingerprint density at radius 1 is 1.15 bits per heavy atom. The number of hydrogen-bond acceptors (Lipinski definition) is 4. The molecule has 0 fully saturated rings. The molecule has 0 aromatic heterocycles. The van der Waals surface area contributed by atoms with E-state index in [9.17, 15) is 10.1 Å². The molecule has 0 aliphatic rings. The van der Waals surface area contributed by atoms with Gasteiger partial charge in [0.25, 0.3) is 5.69 Å². The normalized spacial score (nSPS) is 10.1. The molecule has 5 nitrogen and oxygen atoms in total. The van der Waals surface area contributed by atoms with Gasteiger partial charge in [-0.05, 0) is 23.8 Å². The molecule has 2 rings (SSSR count). The molecule has 0 saturated carbocycles. The third kappa shape index (κ3) is 3.47. The predicted octanol–water partition coefficient (Wildman–Crippen LogP) is 3.27. The van der Waals surface area contributed by atoms with Crippen LogP contribution in [0.1, 0.15) is 5.56 Å². The van der Waals surface area contributed by atoms with Crippen molar-refractivity contribution in [1.29, 1.82) is 0 Å². The van der Waals surface area contributed by atoms with E-state index < -0.39 is 0 Å². The van der Waals surface area contributed by atoms with Crippen LogP contribution in [0.4, 0.5) is 17.1 Å². The largest absolute Gasteiger partial charge is 0.381 e. The van der Waals surface area contributed by atoms with Crippen molar-refractivity contribution in [3.63, 3.8) is 0 Å². The molecule has 0 aliphatic carbocycles. The lowest BCUT2D eigenvalue weighted by Gasteiger charge is -2.14. The van der Waals surface area contributed by atoms with E-state index in [2.05, 4.69) is 5.32 Å². The highest BCUT2D eigenvalue weighted by atomic mass is 16.6. The summed E-state index contributed by atoms with van der Waals surface area (Å²) >= 11 is 0. The molecule has 104 valence electrons. The topological polar surface area (TPSA) is 58.4 Å². The molecule has 0 aliphatic heterocycles. The second-order valence-corrected chi connectivity index (χ2v) is 4.73. The Morgan fingerprint density at radius 3 is 2.60 bits per heavy atom. The van der Waals surface area contributed by atoms with Gasteiger partial charge >= 0.3 is 0 Å². The number of hydrogen-bond donors (Lipinski definition) is 1. The van der Waals surface area contributed by atoms with Crippen LogP contribution in [0.2, 0.25) is 0 Å². The van der Waals surface area contributed by atoms with E-state index in [-0.39, 0.29) is 10.6 Å². The molecule has 1 N–H and O–H groups in total. The lowest BCUT2D eigenvalue weighted by molar-refractivity contribution is -0.384. The maximum atomic E-state index is 10.7. The molecule has 5 heteroatoms. The second-order valence-electron chi connectivity index (χ2n) is 4.73. The zero-order valence-electron chi connectivity index (χ0n) is 11.5. The number of benzene rings is 2. The Balaban J connectivity index is 2.07. The Labute approximate surface area is 118 Å². The fraction of sp³-hybridized carbons (Fsp3) is 0.200. The Kier molecular flexibility index (Phi) is 4.20. The third-order valence-electron chi connectivity index (χ3n) is 2.98. The molecule has 20 heavy (non-hydrogen) atoms. The Morgan fingerprint density at radius 2 is 1.90 bits per heavy atom. The van der Waals surface area contributed by atoms with Crippen molar-refractivity contribution in [2.24, 2.45) is 0 Å². The predicted molar refractivity (Wildman–Crippen MR) is 81.2 cm³/mol. The fourth-order valence-corrected chi connectivity index (χ4v) is 1.88. The van der Waals surface area contributed by atoms with Crippen molar-refractivity contribution in [2.75, 3.05) is 24.3 Å². The van der Waals surface area contributed by atoms with Crippen LogP contribution >= 0.6 is 0 Å². The van der Waals surface area contributed by atoms with Crippen LogP contribution in [-0.2, 0) is 6.54 Å². The van der Waals surface area contributed by atoms with Gasteiger partial charge < -0.3 is 10.2 Å². The quantitative estimate of drug-likeness (QED) is 0.669. The summed E-state index contributed by atoms with van der Waals surface area (Å²) in [4.78, 5) is 12.4. The average molecular weight is 271 g/mol. The maximum absolute atomic E-state index is 10.7. The van der Waals surface area contributed by atoms with Crippen molar-refractivity contribution in [2.45, 2.75) is 6.54 Å². The van der Waals surface area contributed by atoms with Gasteiger partial charge in [-0.2, -0.15) is 0 Å². The molecule has 2 aromatic rings. The van der Waals surface area contributed by atoms with Crippen molar-refractivity contribution in [3.8, 4) is 0 Å². The number of nitro benzene ring substituents is 1. The average Bonchev–Trinajstić information content (AvgIpc) is 2.45. The summed E-state index contributed by atoms with van der Waals surface area (Å²) in [5.41, 5.74) is 3.09. The minimum atomic E-state index is -0.379. The Hall–Kier alpha value is -2.56. The van der Waals surface area contributed by atoms with E-state index in [4.69, 9.17) is 0 Å². The minimum Gasteiger partial charge on any atom is -0.381 e. The highest BCUT2D eigenvalue weighted by Crippen LogP contribution is 2.19. The van der Waals surface area contributed by atoms with Crippen LogP contribution in [0, 0.1) is 10.1 Å². The number of anilines is 2. The minimum absolute atomic E-state index is 0.117. The van der Waals surface area contributed by atoms with E-state index >= 15 is 0 Å². The smallest absolute Gasteiger partial charge is 0.269 e. The van der Waals surface area contributed by atoms with E-state index in [1.807, 2.05) is 49.3 Å². The van der Waals surface area contributed by atoms with Crippen molar-refractivity contribution < 1.29 is 4.92 Å². The van der Waals surface area contributed by atoms with E-state index in [1.165, 1.54) is 6.07 Å². The molecule has 0 bridgehead atoms. The summed E-state index contributed by atoms with van der Waals surface area (Å²) < 4.78 is 0. The monoisotopic (exact) mass is 271 g/mol. The molecular weight excluding hydrogens is 254 g/mol. The van der Waals surface area contributed by atoms with Gasteiger partial charge in [0, 0.05) is 44.1 Å². The number of rotatable bonds is 5. The third-order valence-corrected chi connectivity index (χ3v) is 2.98. The first-order valence-corrected chi connectivity index (χ1v) is 6.31. The van der Waals surface area contributed by atoms with Gasteiger partial charge in [-0.25, -0.2) is 0 Å². The van der Waals surface area contributed by atoms with Crippen LogP contribution in [-0.4, -0.2) is 19.0 Å². The molecule has 0 unspecified atom stereocenters. The summed E-state index contributed by atoms with van der Waals surface area (Å²) in [6.45, 7) is 0.554. The van der Waals surface area contributed by atoms with E-state index in [0.717, 1.165) is 16.9 Å². The molecule has 0 saturated heterocycles. The zero-order chi connectivity index (χ0) is 14.5. The Bertz CT molecular complexity index is 612. The SMILES string of the molecule is CN(C)c1cccc(NCc2cccc([N+](=O)[O-])c2)c1. The summed E-state index contributed by atoms with van der Waals surface area (Å²) in [6, 6.07) is 14.7. The highest BCUT2D eigenvalue weighted by molar-refractivity contribution is 5.57. The first-order chi connectivity index (χ1) is 9.56. The maximum Gasteiger partial charge on any atom is 0.269 e. The van der Waals surface area contributed by atoms with Crippen LogP contribution in [0.5, 0.6) is 0 Å². The van der Waals surface area contributed by atoms with Crippen molar-refractivity contribution in [1.82, 2.24) is 0 Å². The van der Waals surface area contributed by atoms with Crippen LogP contribution < -0.4 is 10.2 Å². The first-order valence-electron chi connectivity index (χ1n) is 6.31.